The van der Waals surface area contributed by atoms with Crippen LogP contribution in [0.2, 0.25) is 5.04 Å². The van der Waals surface area contributed by atoms with E-state index in [0.29, 0.717) is 19.4 Å². The lowest BCUT2D eigenvalue weighted by atomic mass is 9.66. The number of likely N-dealkylation sites (tertiary alicyclic amines) is 1. The van der Waals surface area contributed by atoms with Gasteiger partial charge in [0.1, 0.15) is 5.60 Å². The maximum Gasteiger partial charge on any atom is 0.416 e. The van der Waals surface area contributed by atoms with E-state index in [1.807, 2.05) is 39.0 Å². The molecular weight excluding hydrogens is 540 g/mol. The third-order valence-electron chi connectivity index (χ3n) is 8.95. The van der Waals surface area contributed by atoms with Crippen molar-refractivity contribution >= 4 is 30.6 Å². The lowest BCUT2D eigenvalue weighted by Crippen LogP contribution is -2.69. The molecule has 1 aliphatic carbocycles. The van der Waals surface area contributed by atoms with Crippen molar-refractivity contribution in [3.63, 3.8) is 0 Å². The average molecular weight is 587 g/mol. The van der Waals surface area contributed by atoms with E-state index in [2.05, 4.69) is 88.0 Å². The number of ether oxygens (including phenoxy) is 1. The molecule has 1 unspecified atom stereocenters. The molecule has 0 N–H and O–H groups in total. The predicted octanol–water partition coefficient (Wildman–Crippen LogP) is 6.75. The largest absolute Gasteiger partial charge is 0.444 e. The van der Waals surface area contributed by atoms with Gasteiger partial charge in [-0.2, -0.15) is 0 Å². The average Bonchev–Trinajstić information content (AvgIpc) is 3.34. The van der Waals surface area contributed by atoms with Gasteiger partial charge in [-0.15, -0.1) is 0 Å². The highest BCUT2D eigenvalue weighted by Crippen LogP contribution is 2.48. The molecule has 1 aliphatic heterocycles. The molecule has 1 fully saturated rings. The molecule has 42 heavy (non-hydrogen) atoms. The van der Waals surface area contributed by atoms with Crippen LogP contribution in [0.25, 0.3) is 4.85 Å². The summed E-state index contributed by atoms with van der Waals surface area (Å²) < 4.78 is 13.2. The number of benzene rings is 2. The van der Waals surface area contributed by atoms with Crippen LogP contribution in [0.15, 0.2) is 72.8 Å². The maximum absolute atomic E-state index is 13.6. The third kappa shape index (κ3) is 5.84. The van der Waals surface area contributed by atoms with Crippen LogP contribution in [0.1, 0.15) is 74.7 Å². The van der Waals surface area contributed by atoms with Crippen molar-refractivity contribution < 1.29 is 18.8 Å². The van der Waals surface area contributed by atoms with Crippen molar-refractivity contribution in [1.82, 2.24) is 4.90 Å². The fraction of sp³-hybridized carbons (Fsp3) is 0.514. The van der Waals surface area contributed by atoms with Crippen LogP contribution in [0, 0.1) is 17.9 Å². The minimum atomic E-state index is -2.91. The van der Waals surface area contributed by atoms with Gasteiger partial charge in [0.2, 0.25) is 0 Å². The lowest BCUT2D eigenvalue weighted by Gasteiger charge is -2.50. The molecule has 4 rings (SSSR count). The number of hydrogen-bond donors (Lipinski definition) is 0. The maximum atomic E-state index is 13.6. The first-order valence-corrected chi connectivity index (χ1v) is 16.9. The highest BCUT2D eigenvalue weighted by molar-refractivity contribution is 6.99. The van der Waals surface area contributed by atoms with Gasteiger partial charge in [0.05, 0.1) is 12.5 Å². The molecule has 1 amide bonds. The lowest BCUT2D eigenvalue weighted by molar-refractivity contribution is -0.127. The molecule has 1 saturated heterocycles. The molecular formula is C35H46N2O4Si. The van der Waals surface area contributed by atoms with Crippen molar-refractivity contribution in [2.45, 2.75) is 97.1 Å². The summed E-state index contributed by atoms with van der Waals surface area (Å²) in [7, 11) is -2.91. The van der Waals surface area contributed by atoms with Crippen LogP contribution in [0.4, 0.5) is 4.79 Å². The molecule has 2 aromatic carbocycles. The second kappa shape index (κ2) is 11.5. The summed E-state index contributed by atoms with van der Waals surface area (Å²) in [5.74, 6) is -0.538. The van der Waals surface area contributed by atoms with E-state index in [1.54, 1.807) is 11.0 Å². The van der Waals surface area contributed by atoms with E-state index in [9.17, 15) is 9.59 Å². The van der Waals surface area contributed by atoms with E-state index in [1.165, 1.54) is 10.4 Å². The van der Waals surface area contributed by atoms with Crippen LogP contribution in [-0.2, 0) is 14.0 Å². The topological polar surface area (TPSA) is 60.2 Å². The van der Waals surface area contributed by atoms with Crippen molar-refractivity contribution in [3.8, 4) is 0 Å². The summed E-state index contributed by atoms with van der Waals surface area (Å²) in [5.41, 5.74) is -2.45. The number of rotatable bonds is 6. The summed E-state index contributed by atoms with van der Waals surface area (Å²) in [6.07, 6.45) is 4.14. The zero-order chi connectivity index (χ0) is 31.0. The molecule has 0 radical (unpaired) electrons. The highest BCUT2D eigenvalue weighted by Gasteiger charge is 2.59. The van der Waals surface area contributed by atoms with Gasteiger partial charge in [0.15, 0.2) is 5.78 Å². The van der Waals surface area contributed by atoms with Gasteiger partial charge in [-0.05, 0) is 48.7 Å². The van der Waals surface area contributed by atoms with Gasteiger partial charge in [-0.3, -0.25) is 9.64 Å². The Labute approximate surface area is 253 Å². The van der Waals surface area contributed by atoms with Gasteiger partial charge in [0, 0.05) is 24.3 Å². The van der Waals surface area contributed by atoms with Crippen LogP contribution < -0.4 is 10.4 Å². The minimum absolute atomic E-state index is 0.0265. The van der Waals surface area contributed by atoms with E-state index in [-0.39, 0.29) is 23.3 Å². The molecule has 0 spiro atoms. The highest BCUT2D eigenvalue weighted by atomic mass is 28.4. The molecule has 0 bridgehead atoms. The molecule has 7 heteroatoms. The van der Waals surface area contributed by atoms with Gasteiger partial charge in [0.25, 0.3) is 8.32 Å². The zero-order valence-electron chi connectivity index (χ0n) is 26.4. The van der Waals surface area contributed by atoms with Crippen molar-refractivity contribution in [2.75, 3.05) is 6.54 Å². The van der Waals surface area contributed by atoms with Gasteiger partial charge < -0.3 is 9.16 Å². The fourth-order valence-electron chi connectivity index (χ4n) is 6.69. The Bertz CT molecular complexity index is 1310. The molecule has 2 aliphatic rings. The minimum Gasteiger partial charge on any atom is -0.444 e. The normalized spacial score (nSPS) is 24.4. The number of hydrogen-bond acceptors (Lipinski definition) is 4. The summed E-state index contributed by atoms with van der Waals surface area (Å²) in [6.45, 7) is 25.0. The molecule has 0 saturated carbocycles. The van der Waals surface area contributed by atoms with Crippen LogP contribution in [0.5, 0.6) is 0 Å². The number of allylic oxidation sites excluding steroid dienone is 1. The number of nitrogens with zero attached hydrogens (tertiary/aromatic N) is 2. The summed E-state index contributed by atoms with van der Waals surface area (Å²) >= 11 is 0. The van der Waals surface area contributed by atoms with Crippen LogP contribution in [-0.4, -0.2) is 49.0 Å². The number of ketones is 1. The predicted molar refractivity (Wildman–Crippen MR) is 170 cm³/mol. The Morgan fingerprint density at radius 1 is 1.00 bits per heavy atom. The SMILES string of the molecule is [C-]#[N+]C1(C[C@H]2C(=O)C=C[C@@H](O[Si](c3ccccc3)(c3ccccc3)C(C)(C)C)C2(C)C)CCCN1C(=O)OC(C)(C)C. The second-order valence-electron chi connectivity index (χ2n) is 14.4. The van der Waals surface area contributed by atoms with Crippen LogP contribution >= 0.6 is 0 Å². The first-order chi connectivity index (χ1) is 19.6. The summed E-state index contributed by atoms with van der Waals surface area (Å²) in [4.78, 5) is 32.5. The smallest absolute Gasteiger partial charge is 0.416 e. The summed E-state index contributed by atoms with van der Waals surface area (Å²) in [5, 5.41) is 2.12. The quantitative estimate of drug-likeness (QED) is 0.278. The van der Waals surface area contributed by atoms with Gasteiger partial charge in [-0.25, -0.2) is 16.3 Å². The molecule has 3 atom stereocenters. The Kier molecular flexibility index (Phi) is 8.66. The van der Waals surface area contributed by atoms with Gasteiger partial charge in [-0.1, -0.05) is 101 Å². The van der Waals surface area contributed by atoms with E-state index in [4.69, 9.17) is 15.7 Å². The first kappa shape index (κ1) is 31.7. The van der Waals surface area contributed by atoms with Crippen molar-refractivity contribution in [1.29, 1.82) is 0 Å². The Morgan fingerprint density at radius 3 is 2.02 bits per heavy atom. The monoisotopic (exact) mass is 586 g/mol. The zero-order valence-corrected chi connectivity index (χ0v) is 27.4. The first-order valence-electron chi connectivity index (χ1n) is 15.0. The van der Waals surface area contributed by atoms with Crippen molar-refractivity contribution in [3.05, 3.63) is 84.2 Å². The van der Waals surface area contributed by atoms with Crippen molar-refractivity contribution in [2.24, 2.45) is 11.3 Å². The van der Waals surface area contributed by atoms with E-state index < -0.39 is 37.0 Å². The number of carbonyl (C=O) groups excluding carboxylic acids is 2. The van der Waals surface area contributed by atoms with E-state index >= 15 is 0 Å². The molecule has 0 aromatic heterocycles. The molecule has 6 nitrogen and oxygen atoms in total. The third-order valence-corrected chi connectivity index (χ3v) is 14.0. The Hall–Kier alpha value is -3.21. The summed E-state index contributed by atoms with van der Waals surface area (Å²) in [6, 6.07) is 21.0. The van der Waals surface area contributed by atoms with Crippen LogP contribution in [0.3, 0.4) is 0 Å². The standard InChI is InChI=1S/C35H46N2O4Si/c1-32(2,3)40-31(39)37-24-16-23-35(37,36-9)25-28-29(38)21-22-30(34(28,7)8)41-42(33(4,5)6,26-17-12-10-13-18-26)27-19-14-11-15-20-27/h10-15,17-22,28,30H,16,23-25H2,1-8H3/t28-,30+,35?/m0/s1. The Morgan fingerprint density at radius 2 is 1.55 bits per heavy atom. The fourth-order valence-corrected chi connectivity index (χ4v) is 11.5. The molecule has 2 aromatic rings. The number of amides is 1. The molecule has 1 heterocycles. The van der Waals surface area contributed by atoms with Gasteiger partial charge >= 0.3 is 11.8 Å². The second-order valence-corrected chi connectivity index (χ2v) is 18.6. The number of carbonyl (C=O) groups is 2. The molecule has 224 valence electrons. The Balaban J connectivity index is 1.76. The van der Waals surface area contributed by atoms with E-state index in [0.717, 1.165) is 0 Å².